The van der Waals surface area contributed by atoms with Crippen LogP contribution < -0.4 is 10.2 Å². The number of aryl methyl sites for hydroxylation is 1. The molecule has 0 fully saturated rings. The fraction of sp³-hybridized carbons (Fsp3) is 0.294. The zero-order valence-electron chi connectivity index (χ0n) is 12.3. The van der Waals surface area contributed by atoms with Gasteiger partial charge in [-0.1, -0.05) is 35.4 Å². The van der Waals surface area contributed by atoms with Gasteiger partial charge in [0, 0.05) is 18.8 Å². The van der Waals surface area contributed by atoms with Gasteiger partial charge in [0.2, 0.25) is 0 Å². The highest BCUT2D eigenvalue weighted by molar-refractivity contribution is 6.33. The minimum atomic E-state index is 0.792. The Morgan fingerprint density at radius 3 is 2.35 bits per heavy atom. The number of anilines is 2. The Labute approximate surface area is 126 Å². The van der Waals surface area contributed by atoms with E-state index in [-0.39, 0.29) is 0 Å². The Morgan fingerprint density at radius 2 is 1.80 bits per heavy atom. The monoisotopic (exact) mass is 288 g/mol. The van der Waals surface area contributed by atoms with Crippen LogP contribution in [-0.4, -0.2) is 13.6 Å². The number of hydrogen-bond acceptors (Lipinski definition) is 2. The third kappa shape index (κ3) is 3.33. The summed E-state index contributed by atoms with van der Waals surface area (Å²) in [4.78, 5) is 2.23. The molecule has 2 rings (SSSR count). The highest BCUT2D eigenvalue weighted by Crippen LogP contribution is 2.32. The lowest BCUT2D eigenvalue weighted by atomic mass is 10.1. The van der Waals surface area contributed by atoms with Gasteiger partial charge in [-0.15, -0.1) is 0 Å². The molecule has 2 aromatic rings. The average molecular weight is 289 g/mol. The molecule has 0 saturated heterocycles. The van der Waals surface area contributed by atoms with E-state index in [2.05, 4.69) is 60.5 Å². The van der Waals surface area contributed by atoms with Gasteiger partial charge in [-0.3, -0.25) is 0 Å². The molecule has 0 atom stereocenters. The van der Waals surface area contributed by atoms with Crippen LogP contribution in [0.1, 0.15) is 18.1 Å². The van der Waals surface area contributed by atoms with E-state index in [4.69, 9.17) is 11.6 Å². The molecule has 20 heavy (non-hydrogen) atoms. The van der Waals surface area contributed by atoms with Crippen LogP contribution in [0.4, 0.5) is 11.4 Å². The van der Waals surface area contributed by atoms with E-state index >= 15 is 0 Å². The second kappa shape index (κ2) is 6.78. The standard InChI is InChI=1S/C17H21ClN2/c1-4-20(15-8-5-13(2)6-9-15)17-10-7-14(12-19-3)11-16(17)18/h5-11,19H,4,12H2,1-3H3. The second-order valence-electron chi connectivity index (χ2n) is 4.90. The van der Waals surface area contributed by atoms with Gasteiger partial charge in [0.05, 0.1) is 10.7 Å². The Hall–Kier alpha value is -1.51. The van der Waals surface area contributed by atoms with Crippen LogP contribution >= 0.6 is 11.6 Å². The lowest BCUT2D eigenvalue weighted by Gasteiger charge is -2.25. The molecule has 1 N–H and O–H groups in total. The first kappa shape index (κ1) is 14.9. The van der Waals surface area contributed by atoms with Gasteiger partial charge in [-0.25, -0.2) is 0 Å². The molecule has 0 aliphatic heterocycles. The minimum absolute atomic E-state index is 0.792. The van der Waals surface area contributed by atoms with Gasteiger partial charge in [-0.05, 0) is 50.7 Å². The first-order chi connectivity index (χ1) is 9.65. The van der Waals surface area contributed by atoms with E-state index in [0.29, 0.717) is 0 Å². The molecule has 0 aliphatic rings. The van der Waals surface area contributed by atoms with Gasteiger partial charge in [0.15, 0.2) is 0 Å². The topological polar surface area (TPSA) is 15.3 Å². The van der Waals surface area contributed by atoms with E-state index in [1.54, 1.807) is 0 Å². The molecule has 0 saturated carbocycles. The summed E-state index contributed by atoms with van der Waals surface area (Å²) in [5, 5.41) is 3.93. The van der Waals surface area contributed by atoms with Crippen molar-refractivity contribution in [2.24, 2.45) is 0 Å². The average Bonchev–Trinajstić information content (AvgIpc) is 2.44. The first-order valence-electron chi connectivity index (χ1n) is 6.93. The molecule has 3 heteroatoms. The van der Waals surface area contributed by atoms with Crippen molar-refractivity contribution in [2.75, 3.05) is 18.5 Å². The zero-order valence-corrected chi connectivity index (χ0v) is 13.0. The lowest BCUT2D eigenvalue weighted by molar-refractivity contribution is 0.817. The molecule has 0 radical (unpaired) electrons. The van der Waals surface area contributed by atoms with Crippen LogP contribution in [0.5, 0.6) is 0 Å². The summed E-state index contributed by atoms with van der Waals surface area (Å²) in [6.07, 6.45) is 0. The number of rotatable bonds is 5. The number of benzene rings is 2. The largest absolute Gasteiger partial charge is 0.341 e. The number of nitrogens with zero attached hydrogens (tertiary/aromatic N) is 1. The van der Waals surface area contributed by atoms with Gasteiger partial charge in [0.25, 0.3) is 0 Å². The smallest absolute Gasteiger partial charge is 0.0646 e. The van der Waals surface area contributed by atoms with Gasteiger partial charge < -0.3 is 10.2 Å². The summed E-state index contributed by atoms with van der Waals surface area (Å²) in [7, 11) is 1.94. The molecule has 0 aromatic heterocycles. The van der Waals surface area contributed by atoms with Crippen molar-refractivity contribution in [3.63, 3.8) is 0 Å². The summed E-state index contributed by atoms with van der Waals surface area (Å²) < 4.78 is 0. The van der Waals surface area contributed by atoms with E-state index in [1.807, 2.05) is 13.1 Å². The van der Waals surface area contributed by atoms with Gasteiger partial charge in [-0.2, -0.15) is 0 Å². The summed E-state index contributed by atoms with van der Waals surface area (Å²) in [6, 6.07) is 14.8. The molecule has 2 nitrogen and oxygen atoms in total. The van der Waals surface area contributed by atoms with Crippen molar-refractivity contribution in [1.82, 2.24) is 5.32 Å². The number of nitrogens with one attached hydrogen (secondary N) is 1. The van der Waals surface area contributed by atoms with Gasteiger partial charge >= 0.3 is 0 Å². The normalized spacial score (nSPS) is 10.6. The number of halogens is 1. The van der Waals surface area contributed by atoms with Crippen molar-refractivity contribution in [3.8, 4) is 0 Å². The highest BCUT2D eigenvalue weighted by Gasteiger charge is 2.11. The molecule has 0 amide bonds. The Morgan fingerprint density at radius 1 is 1.10 bits per heavy atom. The van der Waals surface area contributed by atoms with E-state index in [9.17, 15) is 0 Å². The zero-order chi connectivity index (χ0) is 14.5. The van der Waals surface area contributed by atoms with Crippen LogP contribution in [0.2, 0.25) is 5.02 Å². The van der Waals surface area contributed by atoms with E-state index < -0.39 is 0 Å². The molecule has 106 valence electrons. The quantitative estimate of drug-likeness (QED) is 0.870. The predicted molar refractivity (Wildman–Crippen MR) is 88.1 cm³/mol. The Bertz CT molecular complexity index is 564. The fourth-order valence-corrected chi connectivity index (χ4v) is 2.61. The number of hydrogen-bond donors (Lipinski definition) is 1. The third-order valence-corrected chi connectivity index (χ3v) is 3.65. The molecular formula is C17H21ClN2. The summed E-state index contributed by atoms with van der Waals surface area (Å²) in [6.45, 7) is 5.95. The van der Waals surface area contributed by atoms with Crippen molar-refractivity contribution >= 4 is 23.0 Å². The Kier molecular flexibility index (Phi) is 5.05. The van der Waals surface area contributed by atoms with Crippen LogP contribution in [0.3, 0.4) is 0 Å². The minimum Gasteiger partial charge on any atom is -0.341 e. The molecule has 0 heterocycles. The molecule has 0 spiro atoms. The van der Waals surface area contributed by atoms with Crippen LogP contribution in [0, 0.1) is 6.92 Å². The summed E-state index contributed by atoms with van der Waals surface area (Å²) in [5.41, 5.74) is 4.68. The molecule has 2 aromatic carbocycles. The van der Waals surface area contributed by atoms with E-state index in [1.165, 1.54) is 16.8 Å². The van der Waals surface area contributed by atoms with Crippen molar-refractivity contribution in [2.45, 2.75) is 20.4 Å². The fourth-order valence-electron chi connectivity index (χ4n) is 2.30. The van der Waals surface area contributed by atoms with E-state index in [0.717, 1.165) is 23.8 Å². The third-order valence-electron chi connectivity index (χ3n) is 3.35. The SMILES string of the molecule is CCN(c1ccc(C)cc1)c1ccc(CNC)cc1Cl. The van der Waals surface area contributed by atoms with Crippen LogP contribution in [-0.2, 0) is 6.54 Å². The maximum Gasteiger partial charge on any atom is 0.0646 e. The molecular weight excluding hydrogens is 268 g/mol. The molecule has 0 unspecified atom stereocenters. The second-order valence-corrected chi connectivity index (χ2v) is 5.30. The van der Waals surface area contributed by atoms with Crippen molar-refractivity contribution in [1.29, 1.82) is 0 Å². The molecule has 0 bridgehead atoms. The van der Waals surface area contributed by atoms with Gasteiger partial charge in [0.1, 0.15) is 0 Å². The van der Waals surface area contributed by atoms with Crippen LogP contribution in [0.15, 0.2) is 42.5 Å². The van der Waals surface area contributed by atoms with Crippen LogP contribution in [0.25, 0.3) is 0 Å². The maximum absolute atomic E-state index is 6.45. The first-order valence-corrected chi connectivity index (χ1v) is 7.30. The molecule has 0 aliphatic carbocycles. The maximum atomic E-state index is 6.45. The van der Waals surface area contributed by atoms with Crippen molar-refractivity contribution in [3.05, 3.63) is 58.6 Å². The summed E-state index contributed by atoms with van der Waals surface area (Å²) in [5.74, 6) is 0. The predicted octanol–water partition coefficient (Wildman–Crippen LogP) is 4.53. The van der Waals surface area contributed by atoms with Crippen molar-refractivity contribution < 1.29 is 0 Å². The highest BCUT2D eigenvalue weighted by atomic mass is 35.5. The summed E-state index contributed by atoms with van der Waals surface area (Å²) >= 11 is 6.45. The lowest BCUT2D eigenvalue weighted by Crippen LogP contribution is -2.16. The Balaban J connectivity index is 2.34.